The Balaban J connectivity index is 2.00. The van der Waals surface area contributed by atoms with Crippen LogP contribution in [0.15, 0.2) is 16.5 Å². The average molecular weight is 292 g/mol. The molecule has 1 amide bonds. The fourth-order valence-electron chi connectivity index (χ4n) is 4.38. The van der Waals surface area contributed by atoms with Crippen LogP contribution in [0.25, 0.3) is 0 Å². The lowest BCUT2D eigenvalue weighted by atomic mass is 9.90. The van der Waals surface area contributed by atoms with Gasteiger partial charge in [-0.25, -0.2) is 4.79 Å². The average Bonchev–Trinajstić information content (AvgIpc) is 3.22. The van der Waals surface area contributed by atoms with Crippen LogP contribution in [0.4, 0.5) is 5.88 Å². The van der Waals surface area contributed by atoms with Crippen LogP contribution in [0.3, 0.4) is 0 Å². The molecule has 21 heavy (non-hydrogen) atoms. The second kappa shape index (κ2) is 6.32. The number of hydrogen-bond acceptors (Lipinski definition) is 3. The van der Waals surface area contributed by atoms with Gasteiger partial charge in [0.1, 0.15) is 24.5 Å². The lowest BCUT2D eigenvalue weighted by molar-refractivity contribution is -0.123. The first-order valence-electron chi connectivity index (χ1n) is 8.36. The number of amides is 1. The number of nitrogens with zero attached hydrogens (tertiary/aromatic N) is 1. The third-order valence-electron chi connectivity index (χ3n) is 5.47. The summed E-state index contributed by atoms with van der Waals surface area (Å²) in [6, 6.07) is 4.41. The lowest BCUT2D eigenvalue weighted by Crippen LogP contribution is -2.61. The molecule has 4 nitrogen and oxygen atoms in total. The van der Waals surface area contributed by atoms with Crippen LogP contribution in [-0.2, 0) is 11.4 Å². The number of furan rings is 1. The van der Waals surface area contributed by atoms with Crippen LogP contribution >= 0.6 is 0 Å². The third kappa shape index (κ3) is 2.55. The van der Waals surface area contributed by atoms with E-state index in [1.807, 2.05) is 12.1 Å². The van der Waals surface area contributed by atoms with Crippen LogP contribution < -0.4 is 4.48 Å². The Morgan fingerprint density at radius 3 is 2.10 bits per heavy atom. The van der Waals surface area contributed by atoms with Gasteiger partial charge in [-0.3, -0.25) is 0 Å². The van der Waals surface area contributed by atoms with Gasteiger partial charge in [0.15, 0.2) is 0 Å². The van der Waals surface area contributed by atoms with Crippen LogP contribution in [0.2, 0.25) is 0 Å². The monoisotopic (exact) mass is 292 g/mol. The van der Waals surface area contributed by atoms with Crippen LogP contribution in [0, 0.1) is 0 Å². The standard InChI is InChI=1S/C17H26NO3/c19-12-16-10-11-17(21-16)18(13-20,15-8-4-5-9-15)14-6-2-1-3-7-14/h10-11,13-15,19H,1-9,12H2/q+1. The highest BCUT2D eigenvalue weighted by atomic mass is 16.4. The summed E-state index contributed by atoms with van der Waals surface area (Å²) in [4.78, 5) is 12.3. The summed E-state index contributed by atoms with van der Waals surface area (Å²) < 4.78 is 6.21. The van der Waals surface area contributed by atoms with E-state index in [4.69, 9.17) is 4.42 Å². The van der Waals surface area contributed by atoms with Crippen molar-refractivity contribution in [1.29, 1.82) is 0 Å². The molecule has 2 saturated carbocycles. The Morgan fingerprint density at radius 1 is 1.05 bits per heavy atom. The fourth-order valence-corrected chi connectivity index (χ4v) is 4.38. The Kier molecular flexibility index (Phi) is 4.45. The van der Waals surface area contributed by atoms with E-state index in [1.54, 1.807) is 0 Å². The Bertz CT molecular complexity index is 472. The molecule has 0 aromatic carbocycles. The number of carbonyl (C=O) groups excluding carboxylic acids is 1. The molecule has 2 fully saturated rings. The normalized spacial score (nSPS) is 24.0. The smallest absolute Gasteiger partial charge is 0.309 e. The van der Waals surface area contributed by atoms with E-state index < -0.39 is 0 Å². The summed E-state index contributed by atoms with van der Waals surface area (Å²) in [5.41, 5.74) is 0. The first-order chi connectivity index (χ1) is 10.3. The van der Waals surface area contributed by atoms with Crippen molar-refractivity contribution in [2.75, 3.05) is 0 Å². The molecule has 0 bridgehead atoms. The largest absolute Gasteiger partial charge is 0.414 e. The van der Waals surface area contributed by atoms with Gasteiger partial charge >= 0.3 is 12.3 Å². The van der Waals surface area contributed by atoms with E-state index in [-0.39, 0.29) is 6.61 Å². The predicted octanol–water partition coefficient (Wildman–Crippen LogP) is 3.51. The maximum absolute atomic E-state index is 12.3. The van der Waals surface area contributed by atoms with E-state index in [9.17, 15) is 9.90 Å². The summed E-state index contributed by atoms with van der Waals surface area (Å²) in [6.45, 7) is -0.103. The number of aliphatic hydroxyl groups excluding tert-OH is 1. The van der Waals surface area contributed by atoms with Gasteiger partial charge < -0.3 is 9.52 Å². The molecule has 0 saturated heterocycles. The highest BCUT2D eigenvalue weighted by Gasteiger charge is 2.49. The minimum absolute atomic E-state index is 0.103. The highest BCUT2D eigenvalue weighted by Crippen LogP contribution is 2.41. The van der Waals surface area contributed by atoms with Crippen molar-refractivity contribution in [2.24, 2.45) is 0 Å². The molecule has 116 valence electrons. The SMILES string of the molecule is O=C[N+](c1ccc(CO)o1)(C1CCCCC1)C1CCCC1. The number of quaternary nitrogens is 1. The summed E-state index contributed by atoms with van der Waals surface area (Å²) in [6.07, 6.45) is 11.6. The molecule has 0 radical (unpaired) electrons. The first-order valence-corrected chi connectivity index (χ1v) is 8.36. The molecule has 1 atom stereocenters. The van der Waals surface area contributed by atoms with Crippen molar-refractivity contribution in [2.45, 2.75) is 76.5 Å². The Morgan fingerprint density at radius 2 is 1.62 bits per heavy atom. The molecule has 1 unspecified atom stereocenters. The lowest BCUT2D eigenvalue weighted by Gasteiger charge is -2.42. The zero-order chi connectivity index (χ0) is 14.7. The molecule has 4 heteroatoms. The maximum Gasteiger partial charge on any atom is 0.309 e. The van der Waals surface area contributed by atoms with Gasteiger partial charge in [0, 0.05) is 31.7 Å². The van der Waals surface area contributed by atoms with Crippen molar-refractivity contribution in [1.82, 2.24) is 4.48 Å². The number of carbonyl (C=O) groups is 1. The van der Waals surface area contributed by atoms with E-state index >= 15 is 0 Å². The van der Waals surface area contributed by atoms with Crippen molar-refractivity contribution < 1.29 is 14.3 Å². The van der Waals surface area contributed by atoms with Gasteiger partial charge in [0.25, 0.3) is 0 Å². The van der Waals surface area contributed by atoms with Crippen molar-refractivity contribution in [3.05, 3.63) is 17.9 Å². The summed E-state index contributed by atoms with van der Waals surface area (Å²) in [5, 5.41) is 9.28. The summed E-state index contributed by atoms with van der Waals surface area (Å²) in [5.74, 6) is 1.30. The van der Waals surface area contributed by atoms with Gasteiger partial charge in [0.2, 0.25) is 0 Å². The molecule has 1 N–H and O–H groups in total. The molecule has 1 heterocycles. The second-order valence-electron chi connectivity index (χ2n) is 6.57. The topological polar surface area (TPSA) is 50.4 Å². The zero-order valence-electron chi connectivity index (χ0n) is 12.7. The molecule has 0 aliphatic heterocycles. The van der Waals surface area contributed by atoms with Crippen molar-refractivity contribution in [3.8, 4) is 0 Å². The highest BCUT2D eigenvalue weighted by molar-refractivity contribution is 5.68. The molecule has 2 aliphatic carbocycles. The first kappa shape index (κ1) is 14.8. The van der Waals surface area contributed by atoms with Gasteiger partial charge in [0.05, 0.1) is 0 Å². The number of aliphatic hydroxyl groups is 1. The van der Waals surface area contributed by atoms with E-state index in [0.717, 1.165) is 38.0 Å². The quantitative estimate of drug-likeness (QED) is 0.667. The van der Waals surface area contributed by atoms with Crippen LogP contribution in [-0.4, -0.2) is 23.6 Å². The minimum Gasteiger partial charge on any atom is -0.414 e. The van der Waals surface area contributed by atoms with Crippen LogP contribution in [0.1, 0.15) is 63.5 Å². The minimum atomic E-state index is -0.103. The maximum atomic E-state index is 12.3. The molecule has 1 aromatic rings. The number of hydrogen-bond donors (Lipinski definition) is 1. The van der Waals surface area contributed by atoms with Gasteiger partial charge in [-0.2, -0.15) is 4.48 Å². The summed E-state index contributed by atoms with van der Waals surface area (Å²) >= 11 is 0. The van der Waals surface area contributed by atoms with Crippen LogP contribution in [0.5, 0.6) is 0 Å². The van der Waals surface area contributed by atoms with Gasteiger partial charge in [-0.05, 0) is 31.7 Å². The zero-order valence-corrected chi connectivity index (χ0v) is 12.7. The summed E-state index contributed by atoms with van der Waals surface area (Å²) in [7, 11) is 0. The van der Waals surface area contributed by atoms with Crippen molar-refractivity contribution >= 4 is 12.3 Å². The van der Waals surface area contributed by atoms with Gasteiger partial charge in [-0.15, -0.1) is 0 Å². The molecule has 1 aromatic heterocycles. The van der Waals surface area contributed by atoms with E-state index in [0.29, 0.717) is 22.3 Å². The molecule has 0 spiro atoms. The fraction of sp³-hybridized carbons (Fsp3) is 0.706. The van der Waals surface area contributed by atoms with E-state index in [2.05, 4.69) is 0 Å². The molecular formula is C17H26NO3+. The van der Waals surface area contributed by atoms with E-state index in [1.165, 1.54) is 32.1 Å². The Hall–Kier alpha value is -1.13. The second-order valence-corrected chi connectivity index (χ2v) is 6.57. The number of rotatable bonds is 5. The third-order valence-corrected chi connectivity index (χ3v) is 5.47. The molecular weight excluding hydrogens is 266 g/mol. The Labute approximate surface area is 126 Å². The van der Waals surface area contributed by atoms with Crippen molar-refractivity contribution in [3.63, 3.8) is 0 Å². The molecule has 3 rings (SSSR count). The molecule has 2 aliphatic rings. The van der Waals surface area contributed by atoms with Gasteiger partial charge in [-0.1, -0.05) is 6.42 Å². The predicted molar refractivity (Wildman–Crippen MR) is 81.6 cm³/mol.